The number of rotatable bonds is 6. The summed E-state index contributed by atoms with van der Waals surface area (Å²) in [5.74, 6) is 0.391. The highest BCUT2D eigenvalue weighted by atomic mass is 32.2. The zero-order valence-electron chi connectivity index (χ0n) is 12.6. The molecule has 2 rings (SSSR count). The molecule has 2 atom stereocenters. The van der Waals surface area contributed by atoms with Crippen LogP contribution in [0.2, 0.25) is 0 Å². The Morgan fingerprint density at radius 2 is 2.10 bits per heavy atom. The summed E-state index contributed by atoms with van der Waals surface area (Å²) >= 11 is 0. The molecule has 2 unspecified atom stereocenters. The fraction of sp³-hybridized carbons (Fsp3) is 0.667. The van der Waals surface area contributed by atoms with Crippen LogP contribution in [-0.4, -0.2) is 43.1 Å². The molecule has 0 spiro atoms. The highest BCUT2D eigenvalue weighted by molar-refractivity contribution is 7.89. The highest BCUT2D eigenvalue weighted by Crippen LogP contribution is 2.28. The van der Waals surface area contributed by atoms with Crippen molar-refractivity contribution >= 4 is 10.0 Å². The van der Waals surface area contributed by atoms with Crippen molar-refractivity contribution < 1.29 is 8.42 Å². The van der Waals surface area contributed by atoms with E-state index in [2.05, 4.69) is 4.98 Å². The fourth-order valence-electron chi connectivity index (χ4n) is 3.07. The third-order valence-corrected chi connectivity index (χ3v) is 6.29. The Labute approximate surface area is 127 Å². The maximum absolute atomic E-state index is 12.5. The monoisotopic (exact) mass is 311 g/mol. The summed E-state index contributed by atoms with van der Waals surface area (Å²) in [6.45, 7) is 0.560. The molecule has 0 aliphatic heterocycles. The average Bonchev–Trinajstić information content (AvgIpc) is 2.53. The normalized spacial score (nSPS) is 23.4. The number of sulfonamides is 1. The van der Waals surface area contributed by atoms with Gasteiger partial charge in [0.25, 0.3) is 0 Å². The summed E-state index contributed by atoms with van der Waals surface area (Å²) in [6.07, 6.45) is 6.33. The molecule has 118 valence electrons. The second-order valence-corrected chi connectivity index (χ2v) is 7.90. The van der Waals surface area contributed by atoms with Crippen LogP contribution in [-0.2, 0) is 16.4 Å². The molecule has 1 aromatic heterocycles. The van der Waals surface area contributed by atoms with Gasteiger partial charge in [0.1, 0.15) is 0 Å². The van der Waals surface area contributed by atoms with Crippen molar-refractivity contribution in [3.63, 3.8) is 0 Å². The van der Waals surface area contributed by atoms with Gasteiger partial charge >= 0.3 is 0 Å². The number of hydrogen-bond acceptors (Lipinski definition) is 4. The van der Waals surface area contributed by atoms with Crippen LogP contribution in [0.1, 0.15) is 31.4 Å². The van der Waals surface area contributed by atoms with E-state index in [0.717, 1.165) is 31.4 Å². The number of aryl methyl sites for hydroxylation is 1. The standard InChI is InChI=1S/C15H25N3O2S/c1-18(15-8-3-2-6-13(15)12-16)21(19,20)11-9-14-7-4-5-10-17-14/h4-5,7,10,13,15H,2-3,6,8-9,11-12,16H2,1H3. The van der Waals surface area contributed by atoms with E-state index in [1.807, 2.05) is 18.2 Å². The SMILES string of the molecule is CN(C1CCCCC1CN)S(=O)(=O)CCc1ccccn1. The first kappa shape index (κ1) is 16.4. The van der Waals surface area contributed by atoms with E-state index in [0.29, 0.717) is 13.0 Å². The molecule has 0 amide bonds. The lowest BCUT2D eigenvalue weighted by atomic mass is 9.85. The molecular formula is C15H25N3O2S. The lowest BCUT2D eigenvalue weighted by molar-refractivity contribution is 0.204. The fourth-order valence-corrected chi connectivity index (χ4v) is 4.52. The van der Waals surface area contributed by atoms with Crippen LogP contribution < -0.4 is 5.73 Å². The summed E-state index contributed by atoms with van der Waals surface area (Å²) in [5.41, 5.74) is 6.62. The smallest absolute Gasteiger partial charge is 0.214 e. The molecule has 0 aromatic carbocycles. The first-order valence-electron chi connectivity index (χ1n) is 7.60. The molecule has 1 saturated carbocycles. The Balaban J connectivity index is 2.00. The molecule has 0 radical (unpaired) electrons. The van der Waals surface area contributed by atoms with Crippen LogP contribution in [0.15, 0.2) is 24.4 Å². The van der Waals surface area contributed by atoms with E-state index < -0.39 is 10.0 Å². The molecule has 1 fully saturated rings. The largest absolute Gasteiger partial charge is 0.330 e. The zero-order valence-corrected chi connectivity index (χ0v) is 13.4. The van der Waals surface area contributed by atoms with Gasteiger partial charge in [-0.1, -0.05) is 18.9 Å². The predicted octanol–water partition coefficient (Wildman–Crippen LogP) is 1.40. The summed E-state index contributed by atoms with van der Waals surface area (Å²) < 4.78 is 26.6. The molecular weight excluding hydrogens is 286 g/mol. The van der Waals surface area contributed by atoms with Crippen molar-refractivity contribution in [3.05, 3.63) is 30.1 Å². The molecule has 1 heterocycles. The number of hydrogen-bond donors (Lipinski definition) is 1. The highest BCUT2D eigenvalue weighted by Gasteiger charge is 2.33. The van der Waals surface area contributed by atoms with Crippen molar-refractivity contribution in [2.75, 3.05) is 19.3 Å². The topological polar surface area (TPSA) is 76.3 Å². The van der Waals surface area contributed by atoms with Gasteiger partial charge in [0, 0.05) is 31.4 Å². The van der Waals surface area contributed by atoms with Crippen molar-refractivity contribution in [3.8, 4) is 0 Å². The molecule has 2 N–H and O–H groups in total. The van der Waals surface area contributed by atoms with E-state index >= 15 is 0 Å². The summed E-state index contributed by atoms with van der Waals surface area (Å²) in [5, 5.41) is 0. The van der Waals surface area contributed by atoms with E-state index in [1.54, 1.807) is 17.5 Å². The molecule has 0 saturated heterocycles. The molecule has 1 aromatic rings. The minimum atomic E-state index is -3.26. The Bertz CT molecular complexity index is 533. The maximum atomic E-state index is 12.5. The molecule has 5 nitrogen and oxygen atoms in total. The van der Waals surface area contributed by atoms with Gasteiger partial charge < -0.3 is 5.73 Å². The average molecular weight is 311 g/mol. The van der Waals surface area contributed by atoms with Crippen molar-refractivity contribution in [2.45, 2.75) is 38.1 Å². The Morgan fingerprint density at radius 3 is 2.76 bits per heavy atom. The second kappa shape index (κ2) is 7.33. The quantitative estimate of drug-likeness (QED) is 0.861. The third kappa shape index (κ3) is 4.25. The minimum Gasteiger partial charge on any atom is -0.330 e. The number of nitrogens with two attached hydrogens (primary N) is 1. The van der Waals surface area contributed by atoms with Gasteiger partial charge in [-0.15, -0.1) is 0 Å². The predicted molar refractivity (Wildman–Crippen MR) is 84.3 cm³/mol. The van der Waals surface area contributed by atoms with Gasteiger partial charge in [-0.2, -0.15) is 0 Å². The molecule has 6 heteroatoms. The van der Waals surface area contributed by atoms with Crippen molar-refractivity contribution in [2.24, 2.45) is 11.7 Å². The minimum absolute atomic E-state index is 0.0532. The van der Waals surface area contributed by atoms with Crippen LogP contribution in [0.3, 0.4) is 0 Å². The Morgan fingerprint density at radius 1 is 1.33 bits per heavy atom. The number of pyridine rings is 1. The number of nitrogens with zero attached hydrogens (tertiary/aromatic N) is 2. The van der Waals surface area contributed by atoms with Gasteiger partial charge in [-0.3, -0.25) is 4.98 Å². The summed E-state index contributed by atoms with van der Waals surface area (Å²) in [7, 11) is -1.56. The van der Waals surface area contributed by atoms with Gasteiger partial charge in [0.2, 0.25) is 10.0 Å². The van der Waals surface area contributed by atoms with Gasteiger partial charge in [-0.25, -0.2) is 12.7 Å². The maximum Gasteiger partial charge on any atom is 0.214 e. The molecule has 21 heavy (non-hydrogen) atoms. The van der Waals surface area contributed by atoms with E-state index in [1.165, 1.54) is 0 Å². The van der Waals surface area contributed by atoms with Crippen LogP contribution in [0, 0.1) is 5.92 Å². The summed E-state index contributed by atoms with van der Waals surface area (Å²) in [6, 6.07) is 5.62. The van der Waals surface area contributed by atoms with Gasteiger partial charge in [0.05, 0.1) is 5.75 Å². The van der Waals surface area contributed by atoms with E-state index in [-0.39, 0.29) is 17.7 Å². The molecule has 0 bridgehead atoms. The molecule has 1 aliphatic carbocycles. The van der Waals surface area contributed by atoms with E-state index in [4.69, 9.17) is 5.73 Å². The van der Waals surface area contributed by atoms with Crippen molar-refractivity contribution in [1.29, 1.82) is 0 Å². The first-order chi connectivity index (χ1) is 10.0. The Hall–Kier alpha value is -0.980. The van der Waals surface area contributed by atoms with Crippen LogP contribution in [0.5, 0.6) is 0 Å². The third-order valence-electron chi connectivity index (χ3n) is 4.42. The van der Waals surface area contributed by atoms with Crippen LogP contribution in [0.4, 0.5) is 0 Å². The van der Waals surface area contributed by atoms with Crippen LogP contribution >= 0.6 is 0 Å². The zero-order chi connectivity index (χ0) is 15.3. The van der Waals surface area contributed by atoms with Crippen LogP contribution in [0.25, 0.3) is 0 Å². The van der Waals surface area contributed by atoms with Crippen molar-refractivity contribution in [1.82, 2.24) is 9.29 Å². The lowest BCUT2D eigenvalue weighted by Crippen LogP contribution is -2.46. The summed E-state index contributed by atoms with van der Waals surface area (Å²) in [4.78, 5) is 4.18. The number of aromatic nitrogens is 1. The van der Waals surface area contributed by atoms with Gasteiger partial charge in [-0.05, 0) is 37.4 Å². The Kier molecular flexibility index (Phi) is 5.72. The first-order valence-corrected chi connectivity index (χ1v) is 9.21. The van der Waals surface area contributed by atoms with Gasteiger partial charge in [0.15, 0.2) is 0 Å². The second-order valence-electron chi connectivity index (χ2n) is 5.75. The molecule has 1 aliphatic rings. The van der Waals surface area contributed by atoms with E-state index in [9.17, 15) is 8.42 Å². The lowest BCUT2D eigenvalue weighted by Gasteiger charge is -2.36.